The molecular weight excluding hydrogens is 264 g/mol. The van der Waals surface area contributed by atoms with Gasteiger partial charge in [0.2, 0.25) is 5.82 Å². The molecule has 0 aliphatic heterocycles. The van der Waals surface area contributed by atoms with Crippen molar-refractivity contribution in [2.45, 2.75) is 33.1 Å². The molecule has 2 rings (SSSR count). The predicted octanol–water partition coefficient (Wildman–Crippen LogP) is 2.46. The Bertz CT molecular complexity index is 565. The zero-order chi connectivity index (χ0) is 15.1. The van der Waals surface area contributed by atoms with E-state index in [2.05, 4.69) is 34.2 Å². The van der Waals surface area contributed by atoms with Gasteiger partial charge in [-0.15, -0.1) is 5.10 Å². The summed E-state index contributed by atoms with van der Waals surface area (Å²) in [5, 5.41) is 6.86. The Morgan fingerprint density at radius 2 is 1.95 bits per heavy atom. The van der Waals surface area contributed by atoms with Crippen LogP contribution < -0.4 is 0 Å². The van der Waals surface area contributed by atoms with Gasteiger partial charge in [-0.3, -0.25) is 9.89 Å². The zero-order valence-corrected chi connectivity index (χ0v) is 12.7. The fourth-order valence-electron chi connectivity index (χ4n) is 2.19. The smallest absolute Gasteiger partial charge is 0.293 e. The predicted molar refractivity (Wildman–Crippen MR) is 82.1 cm³/mol. The second kappa shape index (κ2) is 7.57. The number of benzene rings is 1. The molecule has 112 valence electrons. The second-order valence-electron chi connectivity index (χ2n) is 4.98. The monoisotopic (exact) mass is 286 g/mol. The number of carbonyl (C=O) groups is 1. The van der Waals surface area contributed by atoms with Gasteiger partial charge in [-0.25, -0.2) is 4.98 Å². The van der Waals surface area contributed by atoms with E-state index in [0.29, 0.717) is 13.1 Å². The summed E-state index contributed by atoms with van der Waals surface area (Å²) in [6, 6.07) is 10.2. The lowest BCUT2D eigenvalue weighted by molar-refractivity contribution is 0.0754. The largest absolute Gasteiger partial charge is 0.336 e. The molecule has 0 bridgehead atoms. The van der Waals surface area contributed by atoms with E-state index in [4.69, 9.17) is 0 Å². The van der Waals surface area contributed by atoms with Crippen molar-refractivity contribution in [3.8, 4) is 0 Å². The summed E-state index contributed by atoms with van der Waals surface area (Å²) in [5.41, 5.74) is 1.23. The number of carbonyl (C=O) groups excluding carboxylic acids is 1. The summed E-state index contributed by atoms with van der Waals surface area (Å²) < 4.78 is 0. The van der Waals surface area contributed by atoms with Crippen molar-refractivity contribution >= 4 is 5.91 Å². The van der Waals surface area contributed by atoms with Crippen LogP contribution in [0.15, 0.2) is 30.3 Å². The molecule has 0 fully saturated rings. The van der Waals surface area contributed by atoms with Gasteiger partial charge in [-0.05, 0) is 25.3 Å². The highest BCUT2D eigenvalue weighted by Gasteiger charge is 2.18. The highest BCUT2D eigenvalue weighted by Crippen LogP contribution is 2.05. The van der Waals surface area contributed by atoms with Crippen LogP contribution in [0.2, 0.25) is 0 Å². The molecule has 0 aliphatic rings. The summed E-state index contributed by atoms with van der Waals surface area (Å²) in [5.74, 6) is 0.945. The van der Waals surface area contributed by atoms with Gasteiger partial charge in [0.1, 0.15) is 5.82 Å². The third-order valence-electron chi connectivity index (χ3n) is 3.39. The third kappa shape index (κ3) is 4.15. The molecule has 2 aromatic rings. The van der Waals surface area contributed by atoms with Gasteiger partial charge in [-0.2, -0.15) is 0 Å². The molecule has 0 spiro atoms. The van der Waals surface area contributed by atoms with Gasteiger partial charge >= 0.3 is 0 Å². The Labute approximate surface area is 125 Å². The molecule has 1 heterocycles. The molecule has 1 amide bonds. The van der Waals surface area contributed by atoms with E-state index in [-0.39, 0.29) is 11.7 Å². The second-order valence-corrected chi connectivity index (χ2v) is 4.98. The van der Waals surface area contributed by atoms with E-state index in [1.807, 2.05) is 25.1 Å². The normalized spacial score (nSPS) is 10.6. The van der Waals surface area contributed by atoms with Gasteiger partial charge in [-0.1, -0.05) is 37.3 Å². The molecule has 0 saturated carbocycles. The fraction of sp³-hybridized carbons (Fsp3) is 0.438. The molecule has 5 nitrogen and oxygen atoms in total. The summed E-state index contributed by atoms with van der Waals surface area (Å²) in [4.78, 5) is 18.4. The van der Waals surface area contributed by atoms with Crippen LogP contribution >= 0.6 is 0 Å². The van der Waals surface area contributed by atoms with Crippen molar-refractivity contribution in [2.75, 3.05) is 13.1 Å². The molecule has 1 N–H and O–H groups in total. The van der Waals surface area contributed by atoms with Gasteiger partial charge in [0.25, 0.3) is 5.91 Å². The molecule has 0 unspecified atom stereocenters. The van der Waals surface area contributed by atoms with Crippen LogP contribution in [0.5, 0.6) is 0 Å². The first-order chi connectivity index (χ1) is 10.2. The van der Waals surface area contributed by atoms with Gasteiger partial charge < -0.3 is 4.90 Å². The van der Waals surface area contributed by atoms with Crippen LogP contribution in [0.3, 0.4) is 0 Å². The minimum absolute atomic E-state index is 0.105. The lowest BCUT2D eigenvalue weighted by Gasteiger charge is -2.19. The molecule has 1 aromatic carbocycles. The van der Waals surface area contributed by atoms with E-state index >= 15 is 0 Å². The zero-order valence-electron chi connectivity index (χ0n) is 12.7. The number of hydrogen-bond donors (Lipinski definition) is 1. The van der Waals surface area contributed by atoms with Crippen molar-refractivity contribution in [1.82, 2.24) is 20.1 Å². The summed E-state index contributed by atoms with van der Waals surface area (Å²) in [7, 11) is 0. The van der Waals surface area contributed by atoms with Crippen molar-refractivity contribution in [3.63, 3.8) is 0 Å². The molecule has 1 aromatic heterocycles. The van der Waals surface area contributed by atoms with Crippen molar-refractivity contribution in [1.29, 1.82) is 0 Å². The van der Waals surface area contributed by atoms with Gasteiger partial charge in [0, 0.05) is 19.5 Å². The average molecular weight is 286 g/mol. The number of nitrogens with zero attached hydrogens (tertiary/aromatic N) is 3. The van der Waals surface area contributed by atoms with E-state index in [1.54, 1.807) is 4.90 Å². The summed E-state index contributed by atoms with van der Waals surface area (Å²) in [6.07, 6.45) is 2.64. The van der Waals surface area contributed by atoms with Crippen LogP contribution in [0.1, 0.15) is 42.3 Å². The topological polar surface area (TPSA) is 61.9 Å². The summed E-state index contributed by atoms with van der Waals surface area (Å²) in [6.45, 7) is 5.38. The molecule has 0 radical (unpaired) electrons. The number of aryl methyl sites for hydroxylation is 1. The van der Waals surface area contributed by atoms with Crippen LogP contribution in [-0.4, -0.2) is 39.1 Å². The maximum absolute atomic E-state index is 12.4. The van der Waals surface area contributed by atoms with Crippen molar-refractivity contribution in [2.24, 2.45) is 0 Å². The Morgan fingerprint density at radius 3 is 2.62 bits per heavy atom. The van der Waals surface area contributed by atoms with Crippen LogP contribution in [-0.2, 0) is 12.8 Å². The first-order valence-electron chi connectivity index (χ1n) is 7.49. The maximum atomic E-state index is 12.4. The SMILES string of the molecule is CCCc1nc(C(=O)N(CC)CCc2ccccc2)n[nH]1. The number of rotatable bonds is 7. The molecular formula is C16H22N4O. The number of aromatic amines is 1. The number of aromatic nitrogens is 3. The Morgan fingerprint density at radius 1 is 1.19 bits per heavy atom. The minimum atomic E-state index is -0.105. The van der Waals surface area contributed by atoms with E-state index < -0.39 is 0 Å². The molecule has 0 atom stereocenters. The standard InChI is InChI=1S/C16H22N4O/c1-3-8-14-17-15(19-18-14)16(21)20(4-2)12-11-13-9-6-5-7-10-13/h5-7,9-10H,3-4,8,11-12H2,1-2H3,(H,17,18,19). The molecule has 5 heteroatoms. The van der Waals surface area contributed by atoms with Crippen LogP contribution in [0.4, 0.5) is 0 Å². The maximum Gasteiger partial charge on any atom is 0.293 e. The number of nitrogens with one attached hydrogen (secondary N) is 1. The van der Waals surface area contributed by atoms with E-state index in [1.165, 1.54) is 5.56 Å². The quantitative estimate of drug-likeness (QED) is 0.850. The van der Waals surface area contributed by atoms with Crippen LogP contribution in [0, 0.1) is 0 Å². The fourth-order valence-corrected chi connectivity index (χ4v) is 2.19. The molecule has 0 aliphatic carbocycles. The average Bonchev–Trinajstić information content (AvgIpc) is 2.98. The first-order valence-corrected chi connectivity index (χ1v) is 7.49. The lowest BCUT2D eigenvalue weighted by atomic mass is 10.1. The van der Waals surface area contributed by atoms with Crippen LogP contribution in [0.25, 0.3) is 0 Å². The Kier molecular flexibility index (Phi) is 5.49. The van der Waals surface area contributed by atoms with E-state index in [0.717, 1.165) is 25.1 Å². The lowest BCUT2D eigenvalue weighted by Crippen LogP contribution is -2.33. The van der Waals surface area contributed by atoms with Crippen molar-refractivity contribution < 1.29 is 4.79 Å². The Hall–Kier alpha value is -2.17. The van der Waals surface area contributed by atoms with Gasteiger partial charge in [0.05, 0.1) is 0 Å². The Balaban J connectivity index is 1.97. The third-order valence-corrected chi connectivity index (χ3v) is 3.39. The summed E-state index contributed by atoms with van der Waals surface area (Å²) >= 11 is 0. The highest BCUT2D eigenvalue weighted by atomic mass is 16.2. The number of hydrogen-bond acceptors (Lipinski definition) is 3. The highest BCUT2D eigenvalue weighted by molar-refractivity contribution is 5.90. The number of H-pyrrole nitrogens is 1. The van der Waals surface area contributed by atoms with Crippen molar-refractivity contribution in [3.05, 3.63) is 47.5 Å². The van der Waals surface area contributed by atoms with E-state index in [9.17, 15) is 4.79 Å². The minimum Gasteiger partial charge on any atom is -0.336 e. The number of likely N-dealkylation sites (N-methyl/N-ethyl adjacent to an activating group) is 1. The number of amides is 1. The first kappa shape index (κ1) is 15.2. The van der Waals surface area contributed by atoms with Gasteiger partial charge in [0.15, 0.2) is 0 Å². The molecule has 21 heavy (non-hydrogen) atoms. The molecule has 0 saturated heterocycles.